The summed E-state index contributed by atoms with van der Waals surface area (Å²) in [4.78, 5) is 0. The highest BCUT2D eigenvalue weighted by Gasteiger charge is 2.37. The summed E-state index contributed by atoms with van der Waals surface area (Å²) in [6, 6.07) is 3.85. The molecule has 0 aliphatic heterocycles. The fraction of sp³-hybridized carbons (Fsp3) is 0.625. The van der Waals surface area contributed by atoms with E-state index in [0.717, 1.165) is 11.1 Å². The van der Waals surface area contributed by atoms with Gasteiger partial charge in [-0.15, -0.1) is 11.6 Å². The average molecular weight is 331 g/mol. The SMILES string of the molecule is COc1ccc(CCl)c(CO[Si](C)(C)C(C)(C)C)c1OC. The Morgan fingerprint density at radius 3 is 2.14 bits per heavy atom. The van der Waals surface area contributed by atoms with Crippen LogP contribution in [0.3, 0.4) is 0 Å². The number of benzene rings is 1. The predicted octanol–water partition coefficient (Wildman–Crippen LogP) is 4.96. The molecule has 1 aromatic carbocycles. The van der Waals surface area contributed by atoms with Crippen LogP contribution in [-0.4, -0.2) is 22.5 Å². The van der Waals surface area contributed by atoms with E-state index in [1.165, 1.54) is 0 Å². The lowest BCUT2D eigenvalue weighted by Crippen LogP contribution is -2.40. The Bertz CT molecular complexity index is 481. The first-order valence-corrected chi connectivity index (χ1v) is 10.5. The molecule has 120 valence electrons. The Balaban J connectivity index is 3.12. The minimum absolute atomic E-state index is 0.167. The lowest BCUT2D eigenvalue weighted by Gasteiger charge is -2.36. The lowest BCUT2D eigenvalue weighted by molar-refractivity contribution is 0.265. The lowest BCUT2D eigenvalue weighted by atomic mass is 10.1. The second-order valence-corrected chi connectivity index (χ2v) is 11.7. The maximum atomic E-state index is 6.31. The minimum Gasteiger partial charge on any atom is -0.493 e. The van der Waals surface area contributed by atoms with E-state index < -0.39 is 8.32 Å². The van der Waals surface area contributed by atoms with E-state index in [1.807, 2.05) is 12.1 Å². The van der Waals surface area contributed by atoms with Crippen LogP contribution in [0.4, 0.5) is 0 Å². The van der Waals surface area contributed by atoms with Gasteiger partial charge in [0.25, 0.3) is 0 Å². The fourth-order valence-electron chi connectivity index (χ4n) is 1.78. The third kappa shape index (κ3) is 4.15. The van der Waals surface area contributed by atoms with Crippen LogP contribution in [0.5, 0.6) is 11.5 Å². The zero-order valence-electron chi connectivity index (χ0n) is 14.2. The number of ether oxygens (including phenoxy) is 2. The molecule has 0 fully saturated rings. The zero-order valence-corrected chi connectivity index (χ0v) is 15.9. The Morgan fingerprint density at radius 2 is 1.71 bits per heavy atom. The molecule has 0 saturated heterocycles. The van der Waals surface area contributed by atoms with Crippen LogP contribution in [0, 0.1) is 0 Å². The van der Waals surface area contributed by atoms with Gasteiger partial charge in [-0.3, -0.25) is 0 Å². The summed E-state index contributed by atoms with van der Waals surface area (Å²) in [6.07, 6.45) is 0. The smallest absolute Gasteiger partial charge is 0.192 e. The fourth-order valence-corrected chi connectivity index (χ4v) is 2.97. The van der Waals surface area contributed by atoms with Gasteiger partial charge in [0, 0.05) is 11.4 Å². The highest BCUT2D eigenvalue weighted by atomic mass is 35.5. The van der Waals surface area contributed by atoms with Crippen molar-refractivity contribution in [3.63, 3.8) is 0 Å². The van der Waals surface area contributed by atoms with Crippen LogP contribution in [0.15, 0.2) is 12.1 Å². The number of rotatable bonds is 6. The van der Waals surface area contributed by atoms with Gasteiger partial charge in [0.15, 0.2) is 19.8 Å². The zero-order chi connectivity index (χ0) is 16.3. The third-order valence-electron chi connectivity index (χ3n) is 4.27. The molecule has 0 saturated carbocycles. The molecule has 5 heteroatoms. The van der Waals surface area contributed by atoms with E-state index >= 15 is 0 Å². The Morgan fingerprint density at radius 1 is 1.10 bits per heavy atom. The van der Waals surface area contributed by atoms with Crippen molar-refractivity contribution in [1.82, 2.24) is 0 Å². The summed E-state index contributed by atoms with van der Waals surface area (Å²) in [7, 11) is 1.45. The molecule has 0 aliphatic carbocycles. The Kier molecular flexibility index (Phi) is 6.14. The first kappa shape index (κ1) is 18.3. The number of halogens is 1. The summed E-state index contributed by atoms with van der Waals surface area (Å²) in [5.41, 5.74) is 2.00. The van der Waals surface area contributed by atoms with E-state index in [9.17, 15) is 0 Å². The average Bonchev–Trinajstić information content (AvgIpc) is 2.42. The normalized spacial score (nSPS) is 12.4. The van der Waals surface area contributed by atoms with Crippen molar-refractivity contribution in [1.29, 1.82) is 0 Å². The summed E-state index contributed by atoms with van der Waals surface area (Å²) in [5, 5.41) is 0.167. The van der Waals surface area contributed by atoms with E-state index in [1.54, 1.807) is 14.2 Å². The molecular weight excluding hydrogens is 304 g/mol. The molecule has 0 radical (unpaired) electrons. The van der Waals surface area contributed by atoms with Gasteiger partial charge in [0.05, 0.1) is 20.8 Å². The van der Waals surface area contributed by atoms with Crippen molar-refractivity contribution in [2.45, 2.75) is 51.4 Å². The largest absolute Gasteiger partial charge is 0.493 e. The van der Waals surface area contributed by atoms with Gasteiger partial charge in [-0.1, -0.05) is 26.8 Å². The number of methoxy groups -OCH3 is 2. The summed E-state index contributed by atoms with van der Waals surface area (Å²) in [5.74, 6) is 1.85. The van der Waals surface area contributed by atoms with Crippen LogP contribution < -0.4 is 9.47 Å². The second kappa shape index (κ2) is 7.03. The van der Waals surface area contributed by atoms with Crippen LogP contribution >= 0.6 is 11.6 Å². The molecular formula is C16H27ClO3Si. The van der Waals surface area contributed by atoms with Crippen molar-refractivity contribution in [2.75, 3.05) is 14.2 Å². The molecule has 0 heterocycles. The molecule has 0 aromatic heterocycles. The van der Waals surface area contributed by atoms with Crippen molar-refractivity contribution in [2.24, 2.45) is 0 Å². The molecule has 0 N–H and O–H groups in total. The first-order valence-electron chi connectivity index (χ1n) is 7.10. The van der Waals surface area contributed by atoms with Crippen LogP contribution in [0.1, 0.15) is 31.9 Å². The minimum atomic E-state index is -1.83. The van der Waals surface area contributed by atoms with Crippen molar-refractivity contribution in [3.8, 4) is 11.5 Å². The molecule has 1 aromatic rings. The summed E-state index contributed by atoms with van der Waals surface area (Å²) >= 11 is 6.06. The highest BCUT2D eigenvalue weighted by molar-refractivity contribution is 6.74. The third-order valence-corrected chi connectivity index (χ3v) is 9.04. The van der Waals surface area contributed by atoms with Crippen molar-refractivity contribution >= 4 is 19.9 Å². The van der Waals surface area contributed by atoms with E-state index in [2.05, 4.69) is 33.9 Å². The van der Waals surface area contributed by atoms with E-state index in [-0.39, 0.29) is 5.04 Å². The topological polar surface area (TPSA) is 27.7 Å². The van der Waals surface area contributed by atoms with E-state index in [4.69, 9.17) is 25.5 Å². The van der Waals surface area contributed by atoms with Crippen LogP contribution in [0.2, 0.25) is 18.1 Å². The molecule has 21 heavy (non-hydrogen) atoms. The van der Waals surface area contributed by atoms with E-state index in [0.29, 0.717) is 24.0 Å². The second-order valence-electron chi connectivity index (χ2n) is 6.62. The predicted molar refractivity (Wildman–Crippen MR) is 91.1 cm³/mol. The number of hydrogen-bond acceptors (Lipinski definition) is 3. The van der Waals surface area contributed by atoms with Crippen LogP contribution in [0.25, 0.3) is 0 Å². The Labute approximate surface area is 134 Å². The maximum absolute atomic E-state index is 6.31. The van der Waals surface area contributed by atoms with Gasteiger partial charge < -0.3 is 13.9 Å². The summed E-state index contributed by atoms with van der Waals surface area (Å²) in [6.45, 7) is 11.7. The maximum Gasteiger partial charge on any atom is 0.192 e. The summed E-state index contributed by atoms with van der Waals surface area (Å²) < 4.78 is 17.2. The molecule has 3 nitrogen and oxygen atoms in total. The number of hydrogen-bond donors (Lipinski definition) is 0. The monoisotopic (exact) mass is 330 g/mol. The molecule has 0 atom stereocenters. The molecule has 1 rings (SSSR count). The molecule has 0 aliphatic rings. The highest BCUT2D eigenvalue weighted by Crippen LogP contribution is 2.39. The van der Waals surface area contributed by atoms with Gasteiger partial charge in [-0.2, -0.15) is 0 Å². The van der Waals surface area contributed by atoms with Gasteiger partial charge >= 0.3 is 0 Å². The van der Waals surface area contributed by atoms with Gasteiger partial charge in [0.2, 0.25) is 0 Å². The number of alkyl halides is 1. The Hall–Kier alpha value is -0.713. The molecule has 0 spiro atoms. The van der Waals surface area contributed by atoms with Gasteiger partial charge in [-0.05, 0) is 29.8 Å². The quantitative estimate of drug-likeness (QED) is 0.544. The van der Waals surface area contributed by atoms with Crippen molar-refractivity contribution < 1.29 is 13.9 Å². The molecule has 0 unspecified atom stereocenters. The standard InChI is InChI=1S/C16H27ClO3Si/c1-16(2,3)21(6,7)20-11-13-12(10-17)8-9-14(18-4)15(13)19-5/h8-9H,10-11H2,1-7H3. The van der Waals surface area contributed by atoms with Crippen LogP contribution in [-0.2, 0) is 16.9 Å². The molecule has 0 amide bonds. The van der Waals surface area contributed by atoms with Gasteiger partial charge in [0.1, 0.15) is 0 Å². The first-order chi connectivity index (χ1) is 9.67. The van der Waals surface area contributed by atoms with Gasteiger partial charge in [-0.25, -0.2) is 0 Å². The van der Waals surface area contributed by atoms with Crippen molar-refractivity contribution in [3.05, 3.63) is 23.3 Å². The molecule has 0 bridgehead atoms.